The molecule has 1 N–H and O–H groups in total. The van der Waals surface area contributed by atoms with Crippen LogP contribution in [-0.4, -0.2) is 24.3 Å². The summed E-state index contributed by atoms with van der Waals surface area (Å²) in [5, 5.41) is 11.9. The van der Waals surface area contributed by atoms with Gasteiger partial charge in [-0.05, 0) is 25.0 Å². The van der Waals surface area contributed by atoms with Crippen molar-refractivity contribution in [3.8, 4) is 11.8 Å². The van der Waals surface area contributed by atoms with Gasteiger partial charge in [-0.2, -0.15) is 5.26 Å². The lowest BCUT2D eigenvalue weighted by Crippen LogP contribution is -2.43. The Morgan fingerprint density at radius 1 is 1.23 bits per heavy atom. The number of carbonyl (C=O) groups is 2. The van der Waals surface area contributed by atoms with Crippen molar-refractivity contribution in [1.82, 2.24) is 5.32 Å². The number of benzene rings is 1. The number of nitriles is 1. The van der Waals surface area contributed by atoms with Crippen molar-refractivity contribution < 1.29 is 14.3 Å². The van der Waals surface area contributed by atoms with E-state index in [9.17, 15) is 9.59 Å². The third-order valence-electron chi connectivity index (χ3n) is 3.79. The molecule has 1 amide bonds. The van der Waals surface area contributed by atoms with E-state index < -0.39 is 17.6 Å². The molecule has 22 heavy (non-hydrogen) atoms. The molecule has 116 valence electrons. The van der Waals surface area contributed by atoms with Crippen LogP contribution in [0.25, 0.3) is 0 Å². The summed E-state index contributed by atoms with van der Waals surface area (Å²) in [5.41, 5.74) is 0. The van der Waals surface area contributed by atoms with Crippen LogP contribution in [0.15, 0.2) is 30.3 Å². The summed E-state index contributed by atoms with van der Waals surface area (Å²) < 4.78 is 5.31. The largest absolute Gasteiger partial charge is 0.486 e. The topological polar surface area (TPSA) is 79.2 Å². The molecule has 0 heterocycles. The Hall–Kier alpha value is -2.35. The molecular formula is C17H20N2O3. The summed E-state index contributed by atoms with van der Waals surface area (Å²) >= 11 is 0. The predicted octanol–water partition coefficient (Wildman–Crippen LogP) is 2.22. The Morgan fingerprint density at radius 2 is 1.91 bits per heavy atom. The first-order chi connectivity index (χ1) is 10.7. The number of Topliss-reactive ketones (excluding diaryl/α,β-unsaturated/α-hetero) is 1. The van der Waals surface area contributed by atoms with Gasteiger partial charge in [0.15, 0.2) is 11.7 Å². The minimum absolute atomic E-state index is 0.0833. The minimum atomic E-state index is -1.30. The van der Waals surface area contributed by atoms with Crippen molar-refractivity contribution in [3.63, 3.8) is 0 Å². The maximum absolute atomic E-state index is 12.1. The number of hydrogen-bond acceptors (Lipinski definition) is 4. The first kappa shape index (κ1) is 16.0. The number of rotatable bonds is 6. The van der Waals surface area contributed by atoms with Crippen molar-refractivity contribution in [2.24, 2.45) is 5.92 Å². The Kier molecular flexibility index (Phi) is 5.96. The van der Waals surface area contributed by atoms with Gasteiger partial charge in [0.1, 0.15) is 12.4 Å². The highest BCUT2D eigenvalue weighted by Crippen LogP contribution is 2.18. The zero-order valence-electron chi connectivity index (χ0n) is 12.5. The number of ether oxygens (including phenoxy) is 1. The van der Waals surface area contributed by atoms with Gasteiger partial charge >= 0.3 is 0 Å². The van der Waals surface area contributed by atoms with Gasteiger partial charge in [0.05, 0.1) is 6.07 Å². The zero-order valence-corrected chi connectivity index (χ0v) is 12.5. The molecule has 1 aromatic rings. The van der Waals surface area contributed by atoms with Crippen molar-refractivity contribution >= 4 is 11.7 Å². The van der Waals surface area contributed by atoms with Gasteiger partial charge in [-0.3, -0.25) is 9.59 Å². The fourth-order valence-electron chi connectivity index (χ4n) is 2.56. The SMILES string of the molecule is N#CC(C(=O)COc1ccccc1)C(=O)NC1CCCCC1. The number of nitrogens with one attached hydrogen (secondary N) is 1. The van der Waals surface area contributed by atoms with Gasteiger partial charge in [-0.15, -0.1) is 0 Å². The number of para-hydroxylation sites is 1. The third-order valence-corrected chi connectivity index (χ3v) is 3.79. The van der Waals surface area contributed by atoms with Gasteiger partial charge in [0.2, 0.25) is 5.91 Å². The number of ketones is 1. The van der Waals surface area contributed by atoms with Gasteiger partial charge < -0.3 is 10.1 Å². The molecule has 0 aliphatic heterocycles. The maximum atomic E-state index is 12.1. The summed E-state index contributed by atoms with van der Waals surface area (Å²) in [6.07, 6.45) is 5.16. The first-order valence-corrected chi connectivity index (χ1v) is 7.61. The number of nitrogens with zero attached hydrogens (tertiary/aromatic N) is 1. The fraction of sp³-hybridized carbons (Fsp3) is 0.471. The van der Waals surface area contributed by atoms with Crippen molar-refractivity contribution in [2.45, 2.75) is 38.1 Å². The predicted molar refractivity (Wildman–Crippen MR) is 81.1 cm³/mol. The Morgan fingerprint density at radius 3 is 2.55 bits per heavy atom. The molecule has 0 saturated heterocycles. The Bertz CT molecular complexity index is 545. The highest BCUT2D eigenvalue weighted by Gasteiger charge is 2.28. The summed E-state index contributed by atoms with van der Waals surface area (Å²) in [4.78, 5) is 24.1. The summed E-state index contributed by atoms with van der Waals surface area (Å²) in [6, 6.07) is 10.7. The molecule has 1 fully saturated rings. The van der Waals surface area contributed by atoms with E-state index in [2.05, 4.69) is 5.32 Å². The van der Waals surface area contributed by atoms with E-state index in [1.165, 1.54) is 6.42 Å². The van der Waals surface area contributed by atoms with Crippen molar-refractivity contribution in [1.29, 1.82) is 5.26 Å². The third kappa shape index (κ3) is 4.59. The molecule has 1 aromatic carbocycles. The first-order valence-electron chi connectivity index (χ1n) is 7.61. The van der Waals surface area contributed by atoms with Crippen LogP contribution in [-0.2, 0) is 9.59 Å². The van der Waals surface area contributed by atoms with Crippen LogP contribution in [0, 0.1) is 17.2 Å². The van der Waals surface area contributed by atoms with E-state index in [0.29, 0.717) is 5.75 Å². The fourth-order valence-corrected chi connectivity index (χ4v) is 2.56. The van der Waals surface area contributed by atoms with E-state index >= 15 is 0 Å². The molecule has 0 bridgehead atoms. The second-order valence-corrected chi connectivity index (χ2v) is 5.47. The van der Waals surface area contributed by atoms with Crippen molar-refractivity contribution in [2.75, 3.05) is 6.61 Å². The van der Waals surface area contributed by atoms with Gasteiger partial charge in [0.25, 0.3) is 0 Å². The molecule has 1 aliphatic rings. The lowest BCUT2D eigenvalue weighted by molar-refractivity contribution is -0.133. The number of hydrogen-bond donors (Lipinski definition) is 1. The van der Waals surface area contributed by atoms with Crippen molar-refractivity contribution in [3.05, 3.63) is 30.3 Å². The molecule has 1 aliphatic carbocycles. The van der Waals surface area contributed by atoms with Crippen LogP contribution in [0.4, 0.5) is 0 Å². The lowest BCUT2D eigenvalue weighted by atomic mass is 9.94. The molecule has 5 heteroatoms. The maximum Gasteiger partial charge on any atom is 0.245 e. The van der Waals surface area contributed by atoms with Crippen LogP contribution >= 0.6 is 0 Å². The zero-order chi connectivity index (χ0) is 15.8. The van der Waals surface area contributed by atoms with Crippen LogP contribution in [0.1, 0.15) is 32.1 Å². The average Bonchev–Trinajstić information content (AvgIpc) is 2.55. The second kappa shape index (κ2) is 8.18. The highest BCUT2D eigenvalue weighted by molar-refractivity contribution is 6.04. The van der Waals surface area contributed by atoms with E-state index in [0.717, 1.165) is 25.7 Å². The average molecular weight is 300 g/mol. The van der Waals surface area contributed by atoms with Gasteiger partial charge in [-0.25, -0.2) is 0 Å². The van der Waals surface area contributed by atoms with Gasteiger partial charge in [0, 0.05) is 6.04 Å². The summed E-state index contributed by atoms with van der Waals surface area (Å²) in [5.74, 6) is -1.78. The second-order valence-electron chi connectivity index (χ2n) is 5.47. The molecule has 5 nitrogen and oxygen atoms in total. The normalized spacial score (nSPS) is 16.3. The smallest absolute Gasteiger partial charge is 0.245 e. The van der Waals surface area contributed by atoms with Crippen LogP contribution in [0.2, 0.25) is 0 Å². The Labute approximate surface area is 130 Å². The van der Waals surface area contributed by atoms with Crippen LogP contribution in [0.5, 0.6) is 5.75 Å². The molecular weight excluding hydrogens is 280 g/mol. The molecule has 0 spiro atoms. The van der Waals surface area contributed by atoms with E-state index in [1.54, 1.807) is 30.3 Å². The minimum Gasteiger partial charge on any atom is -0.486 e. The monoisotopic (exact) mass is 300 g/mol. The number of carbonyl (C=O) groups excluding carboxylic acids is 2. The standard InChI is InChI=1S/C17H20N2O3/c18-11-15(17(21)19-13-7-3-1-4-8-13)16(20)12-22-14-9-5-2-6-10-14/h2,5-6,9-10,13,15H,1,3-4,7-8,12H2,(H,19,21). The van der Waals surface area contributed by atoms with E-state index in [1.807, 2.05) is 6.07 Å². The molecule has 0 aromatic heterocycles. The molecule has 0 radical (unpaired) electrons. The van der Waals surface area contributed by atoms with Gasteiger partial charge in [-0.1, -0.05) is 37.5 Å². The van der Waals surface area contributed by atoms with Crippen LogP contribution in [0.3, 0.4) is 0 Å². The summed E-state index contributed by atoms with van der Waals surface area (Å²) in [6.45, 7) is -0.277. The highest BCUT2D eigenvalue weighted by atomic mass is 16.5. The molecule has 1 unspecified atom stereocenters. The summed E-state index contributed by atoms with van der Waals surface area (Å²) in [7, 11) is 0. The van der Waals surface area contributed by atoms with E-state index in [-0.39, 0.29) is 12.6 Å². The van der Waals surface area contributed by atoms with Crippen LogP contribution < -0.4 is 10.1 Å². The number of amides is 1. The molecule has 1 atom stereocenters. The van der Waals surface area contributed by atoms with E-state index in [4.69, 9.17) is 10.00 Å². The lowest BCUT2D eigenvalue weighted by Gasteiger charge is -2.23. The Balaban J connectivity index is 1.85. The quantitative estimate of drug-likeness (QED) is 0.817. The molecule has 1 saturated carbocycles. The molecule has 2 rings (SSSR count).